The third-order valence-electron chi connectivity index (χ3n) is 1.19. The van der Waals surface area contributed by atoms with E-state index in [2.05, 4.69) is 4.98 Å². The van der Waals surface area contributed by atoms with Gasteiger partial charge in [0.2, 0.25) is 0 Å². The number of aromatic nitrogens is 1. The van der Waals surface area contributed by atoms with Gasteiger partial charge in [-0.05, 0) is 28.7 Å². The molecule has 6 heteroatoms. The summed E-state index contributed by atoms with van der Waals surface area (Å²) in [6.07, 6.45) is -2.61. The Bertz CT molecular complexity index is 306. The minimum Gasteiger partial charge on any atom is -0.382 e. The van der Waals surface area contributed by atoms with E-state index in [4.69, 9.17) is 17.3 Å². The number of nitrogens with two attached hydrogens (primary N) is 1. The Labute approximate surface area is 86.3 Å². The van der Waals surface area contributed by atoms with Crippen molar-refractivity contribution in [3.05, 3.63) is 20.4 Å². The fourth-order valence-corrected chi connectivity index (χ4v) is 1.65. The highest BCUT2D eigenvalue weighted by Crippen LogP contribution is 2.27. The molecule has 1 aromatic rings. The van der Waals surface area contributed by atoms with Crippen LogP contribution in [-0.4, -0.2) is 4.98 Å². The lowest BCUT2D eigenvalue weighted by Crippen LogP contribution is -1.99. The van der Waals surface area contributed by atoms with Gasteiger partial charge in [-0.15, -0.1) is 0 Å². The Morgan fingerprint density at radius 2 is 2.17 bits per heavy atom. The number of nitrogens with zero attached hydrogens (tertiary/aromatic N) is 1. The molecule has 0 unspecified atom stereocenters. The fraction of sp³-hybridized carbons (Fsp3) is 0.167. The van der Waals surface area contributed by atoms with Crippen LogP contribution in [0.3, 0.4) is 0 Å². The molecular formula is C6H4ClF2IN2. The Balaban J connectivity index is 3.23. The first kappa shape index (κ1) is 9.91. The predicted molar refractivity (Wildman–Crippen MR) is 51.3 cm³/mol. The molecule has 0 aliphatic rings. The molecule has 0 radical (unpaired) electrons. The summed E-state index contributed by atoms with van der Waals surface area (Å²) in [7, 11) is 0. The lowest BCUT2D eigenvalue weighted by Gasteiger charge is -2.04. The van der Waals surface area contributed by atoms with Crippen LogP contribution in [-0.2, 0) is 0 Å². The van der Waals surface area contributed by atoms with Crippen molar-refractivity contribution in [1.82, 2.24) is 4.98 Å². The van der Waals surface area contributed by atoms with Gasteiger partial charge in [0.05, 0.1) is 5.02 Å². The van der Waals surface area contributed by atoms with E-state index >= 15 is 0 Å². The topological polar surface area (TPSA) is 38.9 Å². The summed E-state index contributed by atoms with van der Waals surface area (Å²) in [5.41, 5.74) is 4.93. The Hall–Kier alpha value is -0.170. The van der Waals surface area contributed by atoms with Crippen molar-refractivity contribution in [2.75, 3.05) is 5.73 Å². The van der Waals surface area contributed by atoms with Crippen LogP contribution in [0.2, 0.25) is 5.02 Å². The van der Waals surface area contributed by atoms with Gasteiger partial charge in [0, 0.05) is 3.57 Å². The molecule has 0 amide bonds. The second kappa shape index (κ2) is 3.69. The first-order valence-electron chi connectivity index (χ1n) is 2.92. The van der Waals surface area contributed by atoms with Gasteiger partial charge >= 0.3 is 0 Å². The summed E-state index contributed by atoms with van der Waals surface area (Å²) in [5.74, 6) is -0.0626. The second-order valence-electron chi connectivity index (χ2n) is 2.02. The van der Waals surface area contributed by atoms with Gasteiger partial charge in [0.25, 0.3) is 6.43 Å². The van der Waals surface area contributed by atoms with Gasteiger partial charge in [-0.1, -0.05) is 11.6 Å². The van der Waals surface area contributed by atoms with Gasteiger partial charge in [-0.2, -0.15) is 0 Å². The number of hydrogen-bond acceptors (Lipinski definition) is 2. The standard InChI is InChI=1S/C6H4ClF2IN2/c7-2-1-3(10)4(5(8)9)12-6(2)11/h1,5H,(H2,11,12). The highest BCUT2D eigenvalue weighted by molar-refractivity contribution is 14.1. The molecule has 0 aromatic carbocycles. The van der Waals surface area contributed by atoms with Crippen molar-refractivity contribution in [3.8, 4) is 0 Å². The van der Waals surface area contributed by atoms with Crippen LogP contribution < -0.4 is 5.73 Å². The molecule has 2 nitrogen and oxygen atoms in total. The quantitative estimate of drug-likeness (QED) is 0.810. The van der Waals surface area contributed by atoms with E-state index < -0.39 is 6.43 Å². The predicted octanol–water partition coefficient (Wildman–Crippen LogP) is 2.86. The highest BCUT2D eigenvalue weighted by Gasteiger charge is 2.15. The van der Waals surface area contributed by atoms with Crippen LogP contribution in [0.4, 0.5) is 14.6 Å². The van der Waals surface area contributed by atoms with E-state index in [1.165, 1.54) is 6.07 Å². The molecule has 0 saturated heterocycles. The Morgan fingerprint density at radius 3 is 2.67 bits per heavy atom. The number of alkyl halides is 2. The zero-order valence-electron chi connectivity index (χ0n) is 5.69. The van der Waals surface area contributed by atoms with E-state index in [-0.39, 0.29) is 16.5 Å². The zero-order chi connectivity index (χ0) is 9.30. The largest absolute Gasteiger partial charge is 0.382 e. The second-order valence-corrected chi connectivity index (χ2v) is 3.59. The molecule has 0 spiro atoms. The molecule has 1 heterocycles. The van der Waals surface area contributed by atoms with Crippen LogP contribution >= 0.6 is 34.2 Å². The van der Waals surface area contributed by atoms with Crippen molar-refractivity contribution < 1.29 is 8.78 Å². The molecule has 0 bridgehead atoms. The summed E-state index contributed by atoms with van der Waals surface area (Å²) >= 11 is 7.29. The van der Waals surface area contributed by atoms with Gasteiger partial charge in [-0.25, -0.2) is 13.8 Å². The normalized spacial score (nSPS) is 10.8. The molecule has 0 fully saturated rings. The molecule has 66 valence electrons. The minimum atomic E-state index is -2.61. The van der Waals surface area contributed by atoms with Gasteiger partial charge < -0.3 is 5.73 Å². The first-order valence-corrected chi connectivity index (χ1v) is 4.37. The van der Waals surface area contributed by atoms with Crippen LogP contribution in [0.5, 0.6) is 0 Å². The molecule has 12 heavy (non-hydrogen) atoms. The molecule has 1 aromatic heterocycles. The molecular weight excluding hydrogens is 300 g/mol. The average Bonchev–Trinajstić information content (AvgIpc) is 1.96. The van der Waals surface area contributed by atoms with Crippen molar-refractivity contribution in [1.29, 1.82) is 0 Å². The van der Waals surface area contributed by atoms with Crippen LogP contribution in [0.1, 0.15) is 12.1 Å². The summed E-state index contributed by atoms with van der Waals surface area (Å²) < 4.78 is 24.7. The van der Waals surface area contributed by atoms with Crippen molar-refractivity contribution in [2.45, 2.75) is 6.43 Å². The van der Waals surface area contributed by atoms with Crippen molar-refractivity contribution in [3.63, 3.8) is 0 Å². The molecule has 1 rings (SSSR count). The molecule has 0 atom stereocenters. The third kappa shape index (κ3) is 1.95. The van der Waals surface area contributed by atoms with Crippen molar-refractivity contribution in [2.24, 2.45) is 0 Å². The van der Waals surface area contributed by atoms with Crippen molar-refractivity contribution >= 4 is 40.0 Å². The maximum atomic E-state index is 12.2. The van der Waals surface area contributed by atoms with E-state index in [0.717, 1.165) is 0 Å². The SMILES string of the molecule is Nc1nc(C(F)F)c(I)cc1Cl. The number of rotatable bonds is 1. The molecule has 2 N–H and O–H groups in total. The Morgan fingerprint density at radius 1 is 1.58 bits per heavy atom. The summed E-state index contributed by atoms with van der Waals surface area (Å²) in [6, 6.07) is 1.37. The maximum absolute atomic E-state index is 12.2. The minimum absolute atomic E-state index is 0.0626. The summed E-state index contributed by atoms with van der Waals surface area (Å²) in [6.45, 7) is 0. The first-order chi connectivity index (χ1) is 5.52. The summed E-state index contributed by atoms with van der Waals surface area (Å²) in [5, 5.41) is 0.198. The lowest BCUT2D eigenvalue weighted by atomic mass is 10.3. The fourth-order valence-electron chi connectivity index (χ4n) is 0.649. The Kier molecular flexibility index (Phi) is 3.05. The molecule has 0 aliphatic carbocycles. The van der Waals surface area contributed by atoms with E-state index in [9.17, 15) is 8.78 Å². The maximum Gasteiger partial charge on any atom is 0.281 e. The number of anilines is 1. The monoisotopic (exact) mass is 304 g/mol. The number of nitrogen functional groups attached to an aromatic ring is 1. The third-order valence-corrected chi connectivity index (χ3v) is 2.36. The van der Waals surface area contributed by atoms with E-state index in [1.807, 2.05) is 0 Å². The number of pyridine rings is 1. The van der Waals surface area contributed by atoms with Gasteiger partial charge in [0.15, 0.2) is 0 Å². The van der Waals surface area contributed by atoms with E-state index in [1.54, 1.807) is 22.6 Å². The van der Waals surface area contributed by atoms with Crippen LogP contribution in [0, 0.1) is 3.57 Å². The van der Waals surface area contributed by atoms with Gasteiger partial charge in [0.1, 0.15) is 11.5 Å². The molecule has 0 aliphatic heterocycles. The van der Waals surface area contributed by atoms with Crippen LogP contribution in [0.25, 0.3) is 0 Å². The molecule has 0 saturated carbocycles. The lowest BCUT2D eigenvalue weighted by molar-refractivity contribution is 0.145. The van der Waals surface area contributed by atoms with Gasteiger partial charge in [-0.3, -0.25) is 0 Å². The smallest absolute Gasteiger partial charge is 0.281 e. The number of hydrogen-bond donors (Lipinski definition) is 1. The van der Waals surface area contributed by atoms with E-state index in [0.29, 0.717) is 3.57 Å². The summed E-state index contributed by atoms with van der Waals surface area (Å²) in [4.78, 5) is 3.46. The number of halogens is 4. The zero-order valence-corrected chi connectivity index (χ0v) is 8.60. The highest BCUT2D eigenvalue weighted by atomic mass is 127. The average molecular weight is 304 g/mol. The van der Waals surface area contributed by atoms with Crippen LogP contribution in [0.15, 0.2) is 6.07 Å².